The van der Waals surface area contributed by atoms with Crippen molar-refractivity contribution in [3.63, 3.8) is 0 Å². The molecule has 1 aromatic heterocycles. The van der Waals surface area contributed by atoms with E-state index in [1.54, 1.807) is 6.26 Å². The van der Waals surface area contributed by atoms with Crippen molar-refractivity contribution in [3.8, 4) is 0 Å². The molecule has 0 aliphatic heterocycles. The third-order valence-corrected chi connectivity index (χ3v) is 5.00. The Hall–Kier alpha value is -2.52. The molecule has 0 atom stereocenters. The smallest absolute Gasteiger partial charge is 0.108 e. The summed E-state index contributed by atoms with van der Waals surface area (Å²) >= 11 is 6.16. The summed E-state index contributed by atoms with van der Waals surface area (Å²) in [4.78, 5) is 0. The van der Waals surface area contributed by atoms with E-state index >= 15 is 0 Å². The highest BCUT2D eigenvalue weighted by Gasteiger charge is 2.28. The summed E-state index contributed by atoms with van der Waals surface area (Å²) in [7, 11) is 0. The zero-order valence-corrected chi connectivity index (χ0v) is 15.1. The standard InChI is InChI=1S/C22H20ClNO2/c23-18-8-9-20(21(13-18)17-6-7-17)22(24-25)12-16-11-19(26-14-16)10-15-4-2-1-3-5-15/h1-5,8-9,11,13-14,17,25H,6-7,10,12H2/b24-22+. The molecule has 4 heteroatoms. The van der Waals surface area contributed by atoms with E-state index in [0.29, 0.717) is 18.1 Å². The van der Waals surface area contributed by atoms with E-state index in [9.17, 15) is 5.21 Å². The first kappa shape index (κ1) is 16.9. The molecular formula is C22H20ClNO2. The number of rotatable bonds is 6. The molecule has 1 fully saturated rings. The molecule has 0 radical (unpaired) electrons. The van der Waals surface area contributed by atoms with Crippen molar-refractivity contribution in [2.45, 2.75) is 31.6 Å². The lowest BCUT2D eigenvalue weighted by atomic mass is 9.96. The van der Waals surface area contributed by atoms with Crippen LogP contribution in [-0.4, -0.2) is 10.9 Å². The van der Waals surface area contributed by atoms with Crippen LogP contribution in [0.5, 0.6) is 0 Å². The maximum absolute atomic E-state index is 9.60. The van der Waals surface area contributed by atoms with Gasteiger partial charge in [-0.2, -0.15) is 0 Å². The van der Waals surface area contributed by atoms with Crippen LogP contribution in [-0.2, 0) is 12.8 Å². The predicted molar refractivity (Wildman–Crippen MR) is 103 cm³/mol. The summed E-state index contributed by atoms with van der Waals surface area (Å²) in [6.45, 7) is 0. The van der Waals surface area contributed by atoms with Crippen LogP contribution >= 0.6 is 11.6 Å². The molecule has 1 aliphatic carbocycles. The van der Waals surface area contributed by atoms with Crippen molar-refractivity contribution < 1.29 is 9.62 Å². The molecule has 1 heterocycles. The predicted octanol–water partition coefficient (Wildman–Crippen LogP) is 5.82. The Bertz CT molecular complexity index is 926. The van der Waals surface area contributed by atoms with E-state index in [1.807, 2.05) is 42.5 Å². The van der Waals surface area contributed by atoms with Gasteiger partial charge in [-0.25, -0.2) is 0 Å². The molecule has 4 rings (SSSR count). The molecule has 0 amide bonds. The van der Waals surface area contributed by atoms with Gasteiger partial charge in [0.2, 0.25) is 0 Å². The van der Waals surface area contributed by atoms with Gasteiger partial charge in [-0.05, 0) is 53.6 Å². The van der Waals surface area contributed by atoms with Gasteiger partial charge in [0.25, 0.3) is 0 Å². The van der Waals surface area contributed by atoms with E-state index in [4.69, 9.17) is 16.0 Å². The zero-order valence-electron chi connectivity index (χ0n) is 14.4. The van der Waals surface area contributed by atoms with Crippen LogP contribution in [0, 0.1) is 0 Å². The van der Waals surface area contributed by atoms with Crippen molar-refractivity contribution in [2.75, 3.05) is 0 Å². The highest BCUT2D eigenvalue weighted by molar-refractivity contribution is 6.30. The lowest BCUT2D eigenvalue weighted by molar-refractivity contribution is 0.318. The summed E-state index contributed by atoms with van der Waals surface area (Å²) in [6.07, 6.45) is 5.35. The normalized spacial score (nSPS) is 14.6. The minimum absolute atomic E-state index is 0.524. The summed E-state index contributed by atoms with van der Waals surface area (Å²) in [5.41, 5.74) is 5.01. The number of oxime groups is 1. The summed E-state index contributed by atoms with van der Waals surface area (Å²) in [5.74, 6) is 1.43. The number of halogens is 1. The minimum atomic E-state index is 0.524. The highest BCUT2D eigenvalue weighted by atomic mass is 35.5. The molecule has 3 aromatic rings. The number of benzene rings is 2. The molecule has 1 N–H and O–H groups in total. The van der Waals surface area contributed by atoms with Gasteiger partial charge in [0.15, 0.2) is 0 Å². The first-order chi connectivity index (χ1) is 12.7. The Labute approximate surface area is 157 Å². The lowest BCUT2D eigenvalue weighted by Crippen LogP contribution is -2.08. The molecule has 0 spiro atoms. The summed E-state index contributed by atoms with van der Waals surface area (Å²) in [5, 5.41) is 13.9. The maximum atomic E-state index is 9.60. The molecule has 0 unspecified atom stereocenters. The Morgan fingerprint density at radius 1 is 1.08 bits per heavy atom. The zero-order chi connectivity index (χ0) is 17.9. The topological polar surface area (TPSA) is 45.7 Å². The van der Waals surface area contributed by atoms with Crippen molar-refractivity contribution >= 4 is 17.3 Å². The fourth-order valence-electron chi connectivity index (χ4n) is 3.31. The van der Waals surface area contributed by atoms with E-state index in [-0.39, 0.29) is 0 Å². The molecule has 3 nitrogen and oxygen atoms in total. The quantitative estimate of drug-likeness (QED) is 0.339. The Morgan fingerprint density at radius 3 is 2.62 bits per heavy atom. The Kier molecular flexibility index (Phi) is 4.81. The van der Waals surface area contributed by atoms with Crippen LogP contribution in [0.25, 0.3) is 0 Å². The monoisotopic (exact) mass is 365 g/mol. The Morgan fingerprint density at radius 2 is 1.88 bits per heavy atom. The number of furan rings is 1. The number of hydrogen-bond donors (Lipinski definition) is 1. The van der Waals surface area contributed by atoms with Crippen LogP contribution in [0.1, 0.15) is 46.8 Å². The molecule has 1 aliphatic rings. The molecule has 0 saturated heterocycles. The fraction of sp³-hybridized carbons (Fsp3) is 0.227. The van der Waals surface area contributed by atoms with Crippen molar-refractivity contribution in [1.29, 1.82) is 0 Å². The number of hydrogen-bond acceptors (Lipinski definition) is 3. The first-order valence-electron chi connectivity index (χ1n) is 8.84. The second kappa shape index (κ2) is 7.38. The average molecular weight is 366 g/mol. The van der Waals surface area contributed by atoms with Gasteiger partial charge in [-0.1, -0.05) is 53.2 Å². The Balaban J connectivity index is 1.53. The van der Waals surface area contributed by atoms with Gasteiger partial charge < -0.3 is 9.62 Å². The molecule has 0 bridgehead atoms. The second-order valence-electron chi connectivity index (χ2n) is 6.81. The molecular weight excluding hydrogens is 346 g/mol. The van der Waals surface area contributed by atoms with Gasteiger partial charge in [-0.15, -0.1) is 0 Å². The van der Waals surface area contributed by atoms with Crippen LogP contribution in [0.15, 0.2) is 70.4 Å². The summed E-state index contributed by atoms with van der Waals surface area (Å²) in [6, 6.07) is 18.0. The summed E-state index contributed by atoms with van der Waals surface area (Å²) < 4.78 is 5.70. The van der Waals surface area contributed by atoms with Crippen LogP contribution < -0.4 is 0 Å². The third kappa shape index (κ3) is 3.83. The molecule has 26 heavy (non-hydrogen) atoms. The van der Waals surface area contributed by atoms with E-state index in [0.717, 1.165) is 28.3 Å². The van der Waals surface area contributed by atoms with Gasteiger partial charge in [0.1, 0.15) is 5.76 Å². The van der Waals surface area contributed by atoms with Gasteiger partial charge in [0.05, 0.1) is 12.0 Å². The van der Waals surface area contributed by atoms with E-state index < -0.39 is 0 Å². The van der Waals surface area contributed by atoms with Crippen LogP contribution in [0.2, 0.25) is 5.02 Å². The second-order valence-corrected chi connectivity index (χ2v) is 7.25. The fourth-order valence-corrected chi connectivity index (χ4v) is 3.50. The van der Waals surface area contributed by atoms with Crippen molar-refractivity contribution in [3.05, 3.63) is 93.9 Å². The van der Waals surface area contributed by atoms with Crippen molar-refractivity contribution in [2.24, 2.45) is 5.16 Å². The molecule has 1 saturated carbocycles. The SMILES string of the molecule is O/N=C(\Cc1coc(Cc2ccccc2)c1)c1ccc(Cl)cc1C1CC1. The van der Waals surface area contributed by atoms with Gasteiger partial charge in [-0.3, -0.25) is 0 Å². The first-order valence-corrected chi connectivity index (χ1v) is 9.21. The van der Waals surface area contributed by atoms with E-state index in [2.05, 4.69) is 17.3 Å². The van der Waals surface area contributed by atoms with Crippen LogP contribution in [0.3, 0.4) is 0 Å². The average Bonchev–Trinajstić information content (AvgIpc) is 3.42. The largest absolute Gasteiger partial charge is 0.469 e. The third-order valence-electron chi connectivity index (χ3n) is 4.76. The lowest BCUT2D eigenvalue weighted by Gasteiger charge is -2.10. The van der Waals surface area contributed by atoms with Gasteiger partial charge >= 0.3 is 0 Å². The van der Waals surface area contributed by atoms with Crippen LogP contribution in [0.4, 0.5) is 0 Å². The van der Waals surface area contributed by atoms with Gasteiger partial charge in [0, 0.05) is 23.4 Å². The van der Waals surface area contributed by atoms with Crippen molar-refractivity contribution in [1.82, 2.24) is 0 Å². The molecule has 2 aromatic carbocycles. The van der Waals surface area contributed by atoms with E-state index in [1.165, 1.54) is 24.0 Å². The number of nitrogens with zero attached hydrogens (tertiary/aromatic N) is 1. The molecule has 132 valence electrons. The highest BCUT2D eigenvalue weighted by Crippen LogP contribution is 2.42. The minimum Gasteiger partial charge on any atom is -0.469 e. The maximum Gasteiger partial charge on any atom is 0.108 e.